The molecule has 0 unspecified atom stereocenters. The normalized spacial score (nSPS) is 10.4. The maximum absolute atomic E-state index is 12.0. The van der Waals surface area contributed by atoms with Gasteiger partial charge < -0.3 is 16.4 Å². The topological polar surface area (TPSA) is 102 Å². The SMILES string of the molecule is CNC(=O)c1c(NCc2cnn(C)c2)sc(C(C)=O)c1N. The van der Waals surface area contributed by atoms with Crippen LogP contribution in [0.4, 0.5) is 10.7 Å². The number of hydrogen-bond acceptors (Lipinski definition) is 6. The van der Waals surface area contributed by atoms with Crippen molar-refractivity contribution in [3.05, 3.63) is 28.4 Å². The highest BCUT2D eigenvalue weighted by molar-refractivity contribution is 7.19. The van der Waals surface area contributed by atoms with E-state index in [9.17, 15) is 9.59 Å². The van der Waals surface area contributed by atoms with E-state index in [-0.39, 0.29) is 17.4 Å². The van der Waals surface area contributed by atoms with Crippen LogP contribution in [-0.4, -0.2) is 28.5 Å². The third-order valence-electron chi connectivity index (χ3n) is 2.93. The lowest BCUT2D eigenvalue weighted by atomic mass is 10.2. The molecule has 0 saturated heterocycles. The second-order valence-electron chi connectivity index (χ2n) is 4.56. The number of ketones is 1. The monoisotopic (exact) mass is 307 g/mol. The lowest BCUT2D eigenvalue weighted by Crippen LogP contribution is -2.20. The standard InChI is InChI=1S/C13H17N5O2S/c1-7(19)11-10(14)9(12(20)15-2)13(21-11)16-4-8-5-17-18(3)6-8/h5-6,16H,4,14H2,1-3H3,(H,15,20). The van der Waals surface area contributed by atoms with Gasteiger partial charge in [-0.15, -0.1) is 11.3 Å². The van der Waals surface area contributed by atoms with E-state index in [0.29, 0.717) is 22.0 Å². The molecule has 7 nitrogen and oxygen atoms in total. The van der Waals surface area contributed by atoms with Crippen molar-refractivity contribution >= 4 is 33.7 Å². The molecule has 0 spiro atoms. The van der Waals surface area contributed by atoms with Crippen molar-refractivity contribution in [3.8, 4) is 0 Å². The van der Waals surface area contributed by atoms with E-state index in [0.717, 1.165) is 5.56 Å². The average Bonchev–Trinajstić information content (AvgIpc) is 2.99. The molecule has 0 atom stereocenters. The second-order valence-corrected chi connectivity index (χ2v) is 5.58. The molecule has 0 aliphatic rings. The van der Waals surface area contributed by atoms with Crippen LogP contribution in [0, 0.1) is 0 Å². The summed E-state index contributed by atoms with van der Waals surface area (Å²) in [5.41, 5.74) is 7.44. The molecule has 0 saturated carbocycles. The molecule has 0 aliphatic carbocycles. The number of amides is 1. The zero-order valence-electron chi connectivity index (χ0n) is 12.1. The number of carbonyl (C=O) groups excluding carboxylic acids is 2. The molecule has 2 heterocycles. The maximum Gasteiger partial charge on any atom is 0.256 e. The lowest BCUT2D eigenvalue weighted by molar-refractivity contribution is 0.0965. The molecular formula is C13H17N5O2S. The minimum atomic E-state index is -0.315. The molecule has 2 rings (SSSR count). The number of anilines is 2. The van der Waals surface area contributed by atoms with Gasteiger partial charge >= 0.3 is 0 Å². The van der Waals surface area contributed by atoms with Gasteiger partial charge in [-0.25, -0.2) is 0 Å². The lowest BCUT2D eigenvalue weighted by Gasteiger charge is -2.06. The van der Waals surface area contributed by atoms with Gasteiger partial charge in [0.1, 0.15) is 5.00 Å². The summed E-state index contributed by atoms with van der Waals surface area (Å²) in [5, 5.41) is 10.3. The van der Waals surface area contributed by atoms with Gasteiger partial charge in [0.15, 0.2) is 5.78 Å². The summed E-state index contributed by atoms with van der Waals surface area (Å²) in [5.74, 6) is -0.470. The van der Waals surface area contributed by atoms with Crippen LogP contribution in [0.25, 0.3) is 0 Å². The molecular weight excluding hydrogens is 290 g/mol. The second kappa shape index (κ2) is 5.96. The van der Waals surface area contributed by atoms with Crippen LogP contribution in [0.1, 0.15) is 32.5 Å². The van der Waals surface area contributed by atoms with Gasteiger partial charge in [0.2, 0.25) is 0 Å². The molecule has 0 radical (unpaired) electrons. The number of nitrogen functional groups attached to an aromatic ring is 1. The summed E-state index contributed by atoms with van der Waals surface area (Å²) in [7, 11) is 3.36. The Morgan fingerprint density at radius 2 is 2.19 bits per heavy atom. The highest BCUT2D eigenvalue weighted by Gasteiger charge is 2.23. The molecule has 0 fully saturated rings. The van der Waals surface area contributed by atoms with Crippen LogP contribution >= 0.6 is 11.3 Å². The van der Waals surface area contributed by atoms with Crippen molar-refractivity contribution in [2.24, 2.45) is 7.05 Å². The molecule has 4 N–H and O–H groups in total. The van der Waals surface area contributed by atoms with Crippen LogP contribution in [0.2, 0.25) is 0 Å². The smallest absolute Gasteiger partial charge is 0.256 e. The summed E-state index contributed by atoms with van der Waals surface area (Å²) in [4.78, 5) is 23.9. The zero-order valence-corrected chi connectivity index (χ0v) is 12.9. The van der Waals surface area contributed by atoms with Crippen molar-refractivity contribution in [1.29, 1.82) is 0 Å². The van der Waals surface area contributed by atoms with Gasteiger partial charge in [0.25, 0.3) is 5.91 Å². The fraction of sp³-hybridized carbons (Fsp3) is 0.308. The molecule has 21 heavy (non-hydrogen) atoms. The Hall–Kier alpha value is -2.35. The van der Waals surface area contributed by atoms with Crippen molar-refractivity contribution in [1.82, 2.24) is 15.1 Å². The van der Waals surface area contributed by atoms with Crippen LogP contribution in [0.3, 0.4) is 0 Å². The van der Waals surface area contributed by atoms with E-state index >= 15 is 0 Å². The molecule has 1 amide bonds. The van der Waals surface area contributed by atoms with Crippen LogP contribution < -0.4 is 16.4 Å². The molecule has 2 aromatic heterocycles. The molecule has 0 aromatic carbocycles. The third-order valence-corrected chi connectivity index (χ3v) is 4.19. The maximum atomic E-state index is 12.0. The first kappa shape index (κ1) is 15.0. The Labute approximate surface area is 126 Å². The fourth-order valence-corrected chi connectivity index (χ4v) is 2.93. The van der Waals surface area contributed by atoms with E-state index in [4.69, 9.17) is 5.73 Å². The fourth-order valence-electron chi connectivity index (χ4n) is 1.93. The molecule has 8 heteroatoms. The summed E-state index contributed by atoms with van der Waals surface area (Å²) in [6.07, 6.45) is 3.60. The molecule has 0 bridgehead atoms. The summed E-state index contributed by atoms with van der Waals surface area (Å²) in [6.45, 7) is 1.93. The number of thiophene rings is 1. The Balaban J connectivity index is 2.30. The highest BCUT2D eigenvalue weighted by Crippen LogP contribution is 2.36. The number of aromatic nitrogens is 2. The van der Waals surface area contributed by atoms with Crippen LogP contribution in [-0.2, 0) is 13.6 Å². The number of nitrogens with zero attached hydrogens (tertiary/aromatic N) is 2. The Bertz CT molecular complexity index is 689. The molecule has 0 aliphatic heterocycles. The van der Waals surface area contributed by atoms with Gasteiger partial charge in [-0.1, -0.05) is 0 Å². The number of carbonyl (C=O) groups is 2. The third kappa shape index (κ3) is 3.05. The summed E-state index contributed by atoms with van der Waals surface area (Å²) >= 11 is 1.19. The average molecular weight is 307 g/mol. The minimum Gasteiger partial charge on any atom is -0.397 e. The summed E-state index contributed by atoms with van der Waals surface area (Å²) in [6, 6.07) is 0. The van der Waals surface area contributed by atoms with Crippen molar-refractivity contribution < 1.29 is 9.59 Å². The number of Topliss-reactive ketones (excluding diaryl/α,β-unsaturated/α-hetero) is 1. The quantitative estimate of drug-likeness (QED) is 0.721. The number of rotatable bonds is 5. The first-order valence-corrected chi connectivity index (χ1v) is 7.12. The van der Waals surface area contributed by atoms with Crippen molar-refractivity contribution in [2.75, 3.05) is 18.1 Å². The van der Waals surface area contributed by atoms with E-state index < -0.39 is 0 Å². The first-order valence-electron chi connectivity index (χ1n) is 6.30. The van der Waals surface area contributed by atoms with Gasteiger partial charge in [-0.05, 0) is 0 Å². The Morgan fingerprint density at radius 3 is 2.71 bits per heavy atom. The minimum absolute atomic E-state index is 0.155. The summed E-state index contributed by atoms with van der Waals surface area (Å²) < 4.78 is 1.69. The van der Waals surface area contributed by atoms with Crippen molar-refractivity contribution in [2.45, 2.75) is 13.5 Å². The molecule has 112 valence electrons. The molecule has 2 aromatic rings. The predicted molar refractivity (Wildman–Crippen MR) is 82.7 cm³/mol. The zero-order chi connectivity index (χ0) is 15.6. The number of nitrogens with two attached hydrogens (primary N) is 1. The van der Waals surface area contributed by atoms with Gasteiger partial charge in [-0.2, -0.15) is 5.10 Å². The largest absolute Gasteiger partial charge is 0.397 e. The predicted octanol–water partition coefficient (Wildman–Crippen LogP) is 1.24. The Morgan fingerprint density at radius 1 is 1.48 bits per heavy atom. The van der Waals surface area contributed by atoms with Gasteiger partial charge in [-0.3, -0.25) is 14.3 Å². The van der Waals surface area contributed by atoms with E-state index in [1.165, 1.54) is 25.3 Å². The van der Waals surface area contributed by atoms with Gasteiger partial charge in [0, 0.05) is 39.3 Å². The van der Waals surface area contributed by atoms with E-state index in [1.807, 2.05) is 13.2 Å². The number of aryl methyl sites for hydroxylation is 1. The van der Waals surface area contributed by atoms with Gasteiger partial charge in [0.05, 0.1) is 22.3 Å². The van der Waals surface area contributed by atoms with E-state index in [2.05, 4.69) is 15.7 Å². The van der Waals surface area contributed by atoms with Crippen LogP contribution in [0.15, 0.2) is 12.4 Å². The first-order chi connectivity index (χ1) is 9.93. The van der Waals surface area contributed by atoms with Crippen molar-refractivity contribution in [3.63, 3.8) is 0 Å². The van der Waals surface area contributed by atoms with Crippen LogP contribution in [0.5, 0.6) is 0 Å². The Kier molecular flexibility index (Phi) is 4.27. The number of hydrogen-bond donors (Lipinski definition) is 3. The number of nitrogens with one attached hydrogen (secondary N) is 2. The van der Waals surface area contributed by atoms with E-state index in [1.54, 1.807) is 10.9 Å². The highest BCUT2D eigenvalue weighted by atomic mass is 32.1.